The number of aryl methyl sites for hydroxylation is 2. The lowest BCUT2D eigenvalue weighted by Crippen LogP contribution is -2.40. The number of benzene rings is 2. The van der Waals surface area contributed by atoms with Gasteiger partial charge in [-0.1, -0.05) is 12.1 Å². The van der Waals surface area contributed by atoms with E-state index in [1.807, 2.05) is 0 Å². The molecule has 0 aliphatic heterocycles. The zero-order valence-electron chi connectivity index (χ0n) is 24.0. The Hall–Kier alpha value is -4.60. The van der Waals surface area contributed by atoms with Gasteiger partial charge in [-0.3, -0.25) is 9.59 Å². The van der Waals surface area contributed by atoms with Crippen LogP contribution in [0.25, 0.3) is 5.57 Å². The average Bonchev–Trinajstić information content (AvgIpc) is 3.74. The number of carbonyl (C=O) groups is 3. The predicted molar refractivity (Wildman–Crippen MR) is 151 cm³/mol. The van der Waals surface area contributed by atoms with Crippen LogP contribution in [0, 0.1) is 31.4 Å². The molecule has 2 aromatic carbocycles. The molecule has 8 nitrogen and oxygen atoms in total. The minimum atomic E-state index is -1.15. The first-order chi connectivity index (χ1) is 20.0. The summed E-state index contributed by atoms with van der Waals surface area (Å²) in [6.45, 7) is 6.42. The summed E-state index contributed by atoms with van der Waals surface area (Å²) in [6, 6.07) is 8.70. The van der Waals surface area contributed by atoms with Gasteiger partial charge in [-0.2, -0.15) is 0 Å². The number of hydrogen-bond donors (Lipinski definition) is 1. The Kier molecular flexibility index (Phi) is 9.35. The second kappa shape index (κ2) is 12.9. The third-order valence-corrected chi connectivity index (χ3v) is 6.89. The zero-order chi connectivity index (χ0) is 30.6. The van der Waals surface area contributed by atoms with Crippen LogP contribution in [0.2, 0.25) is 0 Å². The fourth-order valence-electron chi connectivity index (χ4n) is 4.52. The molecule has 1 aromatic heterocycles. The number of nitrogens with zero attached hydrogens (tertiary/aromatic N) is 1. The van der Waals surface area contributed by atoms with Gasteiger partial charge in [0.2, 0.25) is 5.75 Å². The largest absolute Gasteiger partial charge is 0.493 e. The molecule has 1 heterocycles. The van der Waals surface area contributed by atoms with Gasteiger partial charge >= 0.3 is 11.9 Å². The van der Waals surface area contributed by atoms with Gasteiger partial charge in [-0.05, 0) is 93.0 Å². The molecule has 0 unspecified atom stereocenters. The first kappa shape index (κ1) is 30.4. The normalized spacial score (nSPS) is 13.1. The highest BCUT2D eigenvalue weighted by atomic mass is 19.1. The minimum Gasteiger partial charge on any atom is -0.493 e. The number of allylic oxidation sites excluding steroid dienone is 1. The van der Waals surface area contributed by atoms with Crippen molar-refractivity contribution in [1.82, 2.24) is 10.3 Å². The molecule has 0 saturated heterocycles. The van der Waals surface area contributed by atoms with Gasteiger partial charge in [-0.15, -0.1) is 0 Å². The van der Waals surface area contributed by atoms with Crippen LogP contribution >= 0.6 is 0 Å². The molecule has 1 atom stereocenters. The maximum Gasteiger partial charge on any atom is 0.333 e. The molecule has 0 radical (unpaired) electrons. The molecule has 3 aromatic rings. The van der Waals surface area contributed by atoms with E-state index in [9.17, 15) is 23.2 Å². The van der Waals surface area contributed by atoms with Crippen LogP contribution in [-0.2, 0) is 14.3 Å². The third-order valence-electron chi connectivity index (χ3n) is 6.89. The number of aromatic nitrogens is 1. The Bertz CT molecular complexity index is 1510. The number of carbonyl (C=O) groups excluding carboxylic acids is 3. The van der Waals surface area contributed by atoms with Crippen LogP contribution in [-0.4, -0.2) is 36.0 Å². The highest BCUT2D eigenvalue weighted by molar-refractivity contribution is 5.99. The highest BCUT2D eigenvalue weighted by Crippen LogP contribution is 2.35. The van der Waals surface area contributed by atoms with Crippen molar-refractivity contribution in [3.8, 4) is 11.5 Å². The van der Waals surface area contributed by atoms with Gasteiger partial charge in [0.25, 0.3) is 5.91 Å². The molecule has 1 N–H and O–H groups in total. The van der Waals surface area contributed by atoms with Crippen molar-refractivity contribution in [2.45, 2.75) is 53.0 Å². The van der Waals surface area contributed by atoms with E-state index in [2.05, 4.69) is 10.3 Å². The summed E-state index contributed by atoms with van der Waals surface area (Å²) < 4.78 is 44.2. The standard InChI is InChI=1S/C32H32F2N2O6/c1-17-14-22(33)8-10-24(17)28(25-11-9-23(34)15-18(25)2)20(4)41-32(39)19(3)36-31(38)29-30(26(40-5)12-13-35-29)42-27(37)16-21-6-7-21/h8-15,19,21H,6-7,16H2,1-5H3,(H,36,38)/t19-/m0/s1. The number of rotatable bonds is 10. The summed E-state index contributed by atoms with van der Waals surface area (Å²) in [5.41, 5.74) is 2.58. The van der Waals surface area contributed by atoms with Crippen molar-refractivity contribution in [2.75, 3.05) is 7.11 Å². The van der Waals surface area contributed by atoms with Crippen LogP contribution < -0.4 is 14.8 Å². The number of amides is 1. The van der Waals surface area contributed by atoms with E-state index in [0.29, 0.717) is 27.8 Å². The molecule has 42 heavy (non-hydrogen) atoms. The van der Waals surface area contributed by atoms with E-state index in [4.69, 9.17) is 14.2 Å². The fourth-order valence-corrected chi connectivity index (χ4v) is 4.52. The zero-order valence-corrected chi connectivity index (χ0v) is 24.0. The summed E-state index contributed by atoms with van der Waals surface area (Å²) in [5, 5.41) is 2.53. The molecule has 0 spiro atoms. The molecule has 1 aliphatic rings. The van der Waals surface area contributed by atoms with E-state index in [1.54, 1.807) is 32.9 Å². The summed E-state index contributed by atoms with van der Waals surface area (Å²) in [5.74, 6) is -2.51. The van der Waals surface area contributed by atoms with Crippen molar-refractivity contribution in [3.63, 3.8) is 0 Å². The molecule has 1 amide bonds. The SMILES string of the molecule is COc1ccnc(C(=O)N[C@@H](C)C(=O)OC(C)=C(c2ccc(F)cc2C)c2ccc(F)cc2C)c1OC(=O)CC1CC1. The molecular formula is C32H32F2N2O6. The quantitative estimate of drug-likeness (QED) is 0.238. The van der Waals surface area contributed by atoms with Crippen molar-refractivity contribution >= 4 is 23.4 Å². The smallest absolute Gasteiger partial charge is 0.333 e. The van der Waals surface area contributed by atoms with Crippen molar-refractivity contribution in [3.05, 3.63) is 94.0 Å². The van der Waals surface area contributed by atoms with Crippen molar-refractivity contribution < 1.29 is 37.4 Å². The number of pyridine rings is 1. The lowest BCUT2D eigenvalue weighted by atomic mass is 9.90. The van der Waals surface area contributed by atoms with Gasteiger partial charge in [0.15, 0.2) is 11.4 Å². The first-order valence-electron chi connectivity index (χ1n) is 13.5. The van der Waals surface area contributed by atoms with E-state index in [-0.39, 0.29) is 35.3 Å². The predicted octanol–water partition coefficient (Wildman–Crippen LogP) is 5.83. The monoisotopic (exact) mass is 578 g/mol. The van der Waals surface area contributed by atoms with E-state index < -0.39 is 35.5 Å². The summed E-state index contributed by atoms with van der Waals surface area (Å²) in [6.07, 6.45) is 3.44. The van der Waals surface area contributed by atoms with E-state index in [1.165, 1.54) is 50.6 Å². The molecular weight excluding hydrogens is 546 g/mol. The Balaban J connectivity index is 1.58. The lowest BCUT2D eigenvalue weighted by molar-refractivity contribution is -0.141. The molecule has 0 bridgehead atoms. The summed E-state index contributed by atoms with van der Waals surface area (Å²) >= 11 is 0. The van der Waals surface area contributed by atoms with Gasteiger partial charge in [-0.25, -0.2) is 18.6 Å². The third kappa shape index (κ3) is 7.18. The Labute approximate surface area is 242 Å². The summed E-state index contributed by atoms with van der Waals surface area (Å²) in [4.78, 5) is 42.8. The number of esters is 2. The second-order valence-corrected chi connectivity index (χ2v) is 10.3. The highest BCUT2D eigenvalue weighted by Gasteiger charge is 2.29. The molecule has 220 valence electrons. The molecule has 1 saturated carbocycles. The average molecular weight is 579 g/mol. The number of halogens is 2. The molecule has 10 heteroatoms. The minimum absolute atomic E-state index is 0.138. The first-order valence-corrected chi connectivity index (χ1v) is 13.5. The van der Waals surface area contributed by atoms with Crippen LogP contribution in [0.4, 0.5) is 8.78 Å². The second-order valence-electron chi connectivity index (χ2n) is 10.3. The van der Waals surface area contributed by atoms with Gasteiger partial charge in [0, 0.05) is 24.3 Å². The van der Waals surface area contributed by atoms with Crippen molar-refractivity contribution in [1.29, 1.82) is 0 Å². The van der Waals surface area contributed by atoms with Crippen LogP contribution in [0.15, 0.2) is 54.4 Å². The maximum absolute atomic E-state index is 13.9. The van der Waals surface area contributed by atoms with Gasteiger partial charge < -0.3 is 19.5 Å². The molecule has 1 aliphatic carbocycles. The Morgan fingerprint density at radius 3 is 2.12 bits per heavy atom. The van der Waals surface area contributed by atoms with Gasteiger partial charge in [0.05, 0.1) is 7.11 Å². The van der Waals surface area contributed by atoms with Crippen molar-refractivity contribution in [2.24, 2.45) is 5.92 Å². The topological polar surface area (TPSA) is 104 Å². The summed E-state index contributed by atoms with van der Waals surface area (Å²) in [7, 11) is 1.37. The number of hydrogen-bond acceptors (Lipinski definition) is 7. The lowest BCUT2D eigenvalue weighted by Gasteiger charge is -2.19. The van der Waals surface area contributed by atoms with Gasteiger partial charge in [0.1, 0.15) is 23.4 Å². The molecule has 1 fully saturated rings. The number of nitrogens with one attached hydrogen (secondary N) is 1. The van der Waals surface area contributed by atoms with E-state index >= 15 is 0 Å². The fraction of sp³-hybridized carbons (Fsp3) is 0.312. The maximum atomic E-state index is 13.9. The Morgan fingerprint density at radius 2 is 1.60 bits per heavy atom. The number of ether oxygens (including phenoxy) is 3. The number of methoxy groups -OCH3 is 1. The molecule has 4 rings (SSSR count). The van der Waals surface area contributed by atoms with Crippen LogP contribution in [0.1, 0.15) is 65.9 Å². The van der Waals surface area contributed by atoms with Crippen LogP contribution in [0.5, 0.6) is 11.5 Å². The Morgan fingerprint density at radius 1 is 1.00 bits per heavy atom. The van der Waals surface area contributed by atoms with Crippen LogP contribution in [0.3, 0.4) is 0 Å². The van der Waals surface area contributed by atoms with E-state index in [0.717, 1.165) is 12.8 Å².